The quantitative estimate of drug-likeness (QED) is 0.573. The number of hydrogen-bond donors (Lipinski definition) is 2. The van der Waals surface area contributed by atoms with E-state index in [4.69, 9.17) is 4.74 Å². The molecular formula is C18H13F3N4O4S. The lowest BCUT2D eigenvalue weighted by molar-refractivity contribution is -0.146. The fraction of sp³-hybridized carbons (Fsp3) is 0.167. The molecular weight excluding hydrogens is 425 g/mol. The Hall–Kier alpha value is -3.54. The monoisotopic (exact) mass is 438 g/mol. The summed E-state index contributed by atoms with van der Waals surface area (Å²) in [6.45, 7) is -1.15. The van der Waals surface area contributed by atoms with Crippen LogP contribution in [-0.4, -0.2) is 39.7 Å². The lowest BCUT2D eigenvalue weighted by Gasteiger charge is -2.09. The summed E-state index contributed by atoms with van der Waals surface area (Å²) >= 11 is 0.989. The van der Waals surface area contributed by atoms with Gasteiger partial charge in [0, 0.05) is 5.56 Å². The maximum absolute atomic E-state index is 12.5. The Bertz CT molecular complexity index is 1080. The number of anilines is 1. The Kier molecular flexibility index (Phi) is 6.26. The van der Waals surface area contributed by atoms with E-state index in [2.05, 4.69) is 19.4 Å². The van der Waals surface area contributed by atoms with E-state index in [1.54, 1.807) is 18.2 Å². The summed E-state index contributed by atoms with van der Waals surface area (Å²) < 4.78 is 50.4. The van der Waals surface area contributed by atoms with Crippen LogP contribution in [0.25, 0.3) is 11.0 Å². The highest BCUT2D eigenvalue weighted by atomic mass is 32.1. The second-order valence-electron chi connectivity index (χ2n) is 5.90. The number of rotatable bonds is 6. The molecule has 1 aromatic heterocycles. The summed E-state index contributed by atoms with van der Waals surface area (Å²) in [4.78, 5) is 35.5. The largest absolute Gasteiger partial charge is 0.454 e. The zero-order valence-electron chi connectivity index (χ0n) is 15.0. The molecule has 0 radical (unpaired) electrons. The van der Waals surface area contributed by atoms with Crippen LogP contribution >= 0.6 is 11.7 Å². The first-order valence-electron chi connectivity index (χ1n) is 8.36. The fourth-order valence-corrected chi connectivity index (χ4v) is 2.91. The first-order chi connectivity index (χ1) is 14.2. The molecule has 1 heterocycles. The number of hydrogen-bond acceptors (Lipinski definition) is 7. The number of fused-ring (bicyclic) bond motifs is 1. The molecule has 0 unspecified atom stereocenters. The number of ether oxygens (including phenoxy) is 1. The fourth-order valence-electron chi connectivity index (χ4n) is 2.36. The molecule has 2 aromatic carbocycles. The Morgan fingerprint density at radius 3 is 2.47 bits per heavy atom. The van der Waals surface area contributed by atoms with Crippen LogP contribution in [-0.2, 0) is 20.5 Å². The summed E-state index contributed by atoms with van der Waals surface area (Å²) in [5.41, 5.74) is 0.580. The number of halogens is 3. The second-order valence-corrected chi connectivity index (χ2v) is 6.43. The van der Waals surface area contributed by atoms with Crippen molar-refractivity contribution >= 4 is 46.2 Å². The van der Waals surface area contributed by atoms with E-state index in [-0.39, 0.29) is 5.56 Å². The number of carbonyl (C=O) groups is 3. The minimum atomic E-state index is -4.51. The van der Waals surface area contributed by atoms with Gasteiger partial charge in [-0.2, -0.15) is 21.9 Å². The molecule has 156 valence electrons. The summed E-state index contributed by atoms with van der Waals surface area (Å²) in [6.07, 6.45) is -4.51. The smallest absolute Gasteiger partial charge is 0.416 e. The van der Waals surface area contributed by atoms with Crippen molar-refractivity contribution in [2.24, 2.45) is 0 Å². The SMILES string of the molecule is O=C(COC(=O)CNC(=O)c1ccc(C(F)(F)F)cc1)Nc1cccc2nsnc12. The van der Waals surface area contributed by atoms with Crippen LogP contribution < -0.4 is 10.6 Å². The average Bonchev–Trinajstić information content (AvgIpc) is 3.20. The number of nitrogens with one attached hydrogen (secondary N) is 2. The second kappa shape index (κ2) is 8.86. The van der Waals surface area contributed by atoms with Gasteiger partial charge in [0.25, 0.3) is 11.8 Å². The van der Waals surface area contributed by atoms with Crippen LogP contribution in [0.3, 0.4) is 0 Å². The summed E-state index contributed by atoms with van der Waals surface area (Å²) in [7, 11) is 0. The predicted molar refractivity (Wildman–Crippen MR) is 101 cm³/mol. The van der Waals surface area contributed by atoms with Crippen LogP contribution in [0.5, 0.6) is 0 Å². The molecule has 0 saturated heterocycles. The van der Waals surface area contributed by atoms with E-state index < -0.39 is 42.7 Å². The molecule has 0 fully saturated rings. The van der Waals surface area contributed by atoms with Crippen LogP contribution in [0.15, 0.2) is 42.5 Å². The van der Waals surface area contributed by atoms with Gasteiger partial charge in [0.1, 0.15) is 17.6 Å². The first-order valence-corrected chi connectivity index (χ1v) is 9.09. The van der Waals surface area contributed by atoms with Crippen molar-refractivity contribution in [1.29, 1.82) is 0 Å². The van der Waals surface area contributed by atoms with Gasteiger partial charge in [-0.3, -0.25) is 14.4 Å². The molecule has 0 aliphatic carbocycles. The molecule has 0 spiro atoms. The molecule has 0 aliphatic heterocycles. The van der Waals surface area contributed by atoms with Crippen molar-refractivity contribution in [3.8, 4) is 0 Å². The van der Waals surface area contributed by atoms with E-state index in [0.717, 1.165) is 36.0 Å². The number of esters is 1. The lowest BCUT2D eigenvalue weighted by atomic mass is 10.1. The maximum atomic E-state index is 12.5. The van der Waals surface area contributed by atoms with Crippen molar-refractivity contribution in [2.75, 3.05) is 18.5 Å². The molecule has 0 atom stereocenters. The van der Waals surface area contributed by atoms with E-state index in [1.165, 1.54) is 0 Å². The van der Waals surface area contributed by atoms with Crippen LogP contribution in [0.1, 0.15) is 15.9 Å². The van der Waals surface area contributed by atoms with Crippen molar-refractivity contribution in [1.82, 2.24) is 14.1 Å². The Morgan fingerprint density at radius 1 is 1.03 bits per heavy atom. The number of amides is 2. The third-order valence-corrected chi connectivity index (χ3v) is 4.33. The standard InChI is InChI=1S/C18H13F3N4O4S/c19-18(20,21)11-6-4-10(5-7-11)17(28)22-8-15(27)29-9-14(26)23-12-2-1-3-13-16(12)25-30-24-13/h1-7H,8-9H2,(H,22,28)(H,23,26). The highest BCUT2D eigenvalue weighted by Crippen LogP contribution is 2.29. The van der Waals surface area contributed by atoms with Gasteiger partial charge in [-0.25, -0.2) is 0 Å². The molecule has 12 heteroatoms. The summed E-state index contributed by atoms with van der Waals surface area (Å²) in [5.74, 6) is -2.26. The topological polar surface area (TPSA) is 110 Å². The Labute approximate surface area is 171 Å². The normalized spacial score (nSPS) is 11.2. The average molecular weight is 438 g/mol. The van der Waals surface area contributed by atoms with Crippen LogP contribution in [0.2, 0.25) is 0 Å². The molecule has 3 aromatic rings. The van der Waals surface area contributed by atoms with Crippen molar-refractivity contribution < 1.29 is 32.3 Å². The van der Waals surface area contributed by atoms with Gasteiger partial charge in [0.2, 0.25) is 0 Å². The third-order valence-electron chi connectivity index (χ3n) is 3.79. The Morgan fingerprint density at radius 2 is 1.77 bits per heavy atom. The number of carbonyl (C=O) groups excluding carboxylic acids is 3. The lowest BCUT2D eigenvalue weighted by Crippen LogP contribution is -2.32. The molecule has 0 saturated carbocycles. The predicted octanol–water partition coefficient (Wildman–Crippen LogP) is 2.62. The highest BCUT2D eigenvalue weighted by molar-refractivity contribution is 7.00. The molecule has 8 nitrogen and oxygen atoms in total. The van der Waals surface area contributed by atoms with Gasteiger partial charge in [-0.05, 0) is 36.4 Å². The number of aromatic nitrogens is 2. The van der Waals surface area contributed by atoms with Gasteiger partial charge in [-0.15, -0.1) is 0 Å². The summed E-state index contributed by atoms with van der Waals surface area (Å²) in [6, 6.07) is 8.53. The zero-order valence-corrected chi connectivity index (χ0v) is 15.8. The van der Waals surface area contributed by atoms with Gasteiger partial charge < -0.3 is 15.4 Å². The number of benzene rings is 2. The van der Waals surface area contributed by atoms with E-state index in [1.807, 2.05) is 0 Å². The Balaban J connectivity index is 1.45. The molecule has 0 bridgehead atoms. The van der Waals surface area contributed by atoms with Crippen LogP contribution in [0.4, 0.5) is 18.9 Å². The van der Waals surface area contributed by atoms with Crippen molar-refractivity contribution in [3.05, 3.63) is 53.6 Å². The highest BCUT2D eigenvalue weighted by Gasteiger charge is 2.30. The number of nitrogens with zero attached hydrogens (tertiary/aromatic N) is 2. The molecule has 2 amide bonds. The van der Waals surface area contributed by atoms with E-state index >= 15 is 0 Å². The maximum Gasteiger partial charge on any atom is 0.416 e. The zero-order chi connectivity index (χ0) is 21.7. The molecule has 3 rings (SSSR count). The van der Waals surface area contributed by atoms with E-state index in [9.17, 15) is 27.6 Å². The van der Waals surface area contributed by atoms with E-state index in [0.29, 0.717) is 16.7 Å². The van der Waals surface area contributed by atoms with Gasteiger partial charge >= 0.3 is 12.1 Å². The van der Waals surface area contributed by atoms with Crippen molar-refractivity contribution in [2.45, 2.75) is 6.18 Å². The van der Waals surface area contributed by atoms with Crippen LogP contribution in [0, 0.1) is 0 Å². The van der Waals surface area contributed by atoms with Gasteiger partial charge in [0.05, 0.1) is 23.0 Å². The van der Waals surface area contributed by atoms with Gasteiger partial charge in [-0.1, -0.05) is 6.07 Å². The number of alkyl halides is 3. The van der Waals surface area contributed by atoms with Gasteiger partial charge in [0.15, 0.2) is 6.61 Å². The molecule has 0 aliphatic rings. The minimum Gasteiger partial charge on any atom is -0.454 e. The van der Waals surface area contributed by atoms with Crippen molar-refractivity contribution in [3.63, 3.8) is 0 Å². The molecule has 2 N–H and O–H groups in total. The summed E-state index contributed by atoms with van der Waals surface area (Å²) in [5, 5.41) is 4.75. The third kappa shape index (κ3) is 5.29. The first kappa shape index (κ1) is 21.2. The minimum absolute atomic E-state index is 0.0569. The molecule has 30 heavy (non-hydrogen) atoms.